The Labute approximate surface area is 173 Å². The van der Waals surface area contributed by atoms with E-state index in [4.69, 9.17) is 0 Å². The number of carbonyl (C=O) groups excluding carboxylic acids is 1. The smallest absolute Gasteiger partial charge is 0.262 e. The Bertz CT molecular complexity index is 1250. The number of hydrogen-bond acceptors (Lipinski definition) is 4. The summed E-state index contributed by atoms with van der Waals surface area (Å²) >= 11 is 4.91. The number of fused-ring (bicyclic) bond motifs is 1. The van der Waals surface area contributed by atoms with Gasteiger partial charge < -0.3 is 4.98 Å². The van der Waals surface area contributed by atoms with Crippen molar-refractivity contribution in [3.63, 3.8) is 0 Å². The number of pyridine rings is 1. The summed E-state index contributed by atoms with van der Waals surface area (Å²) in [5.74, 6) is -0.465. The molecule has 2 N–H and O–H groups in total. The molecular formula is C21H16BrN3O2S. The third-order valence-electron chi connectivity index (χ3n) is 4.41. The summed E-state index contributed by atoms with van der Waals surface area (Å²) in [5.41, 5.74) is 2.82. The van der Waals surface area contributed by atoms with E-state index >= 15 is 0 Å². The predicted octanol–water partition coefficient (Wildman–Crippen LogP) is 4.90. The molecule has 0 aliphatic heterocycles. The zero-order chi connectivity index (χ0) is 19.7. The molecule has 0 aliphatic carbocycles. The fourth-order valence-corrected chi connectivity index (χ4v) is 4.05. The topological polar surface area (TPSA) is 74.8 Å². The summed E-state index contributed by atoms with van der Waals surface area (Å²) in [6, 6.07) is 13.3. The van der Waals surface area contributed by atoms with E-state index in [0.717, 1.165) is 15.8 Å². The number of anilines is 1. The number of aryl methyl sites for hydroxylation is 1. The van der Waals surface area contributed by atoms with Gasteiger partial charge in [0.15, 0.2) is 5.13 Å². The number of halogens is 1. The number of para-hydroxylation sites is 1. The van der Waals surface area contributed by atoms with E-state index < -0.39 is 5.91 Å². The summed E-state index contributed by atoms with van der Waals surface area (Å²) < 4.78 is 1.08. The van der Waals surface area contributed by atoms with Crippen LogP contribution in [0.3, 0.4) is 0 Å². The number of thiazole rings is 1. The minimum absolute atomic E-state index is 0.0685. The highest BCUT2D eigenvalue weighted by Crippen LogP contribution is 2.24. The van der Waals surface area contributed by atoms with Crippen LogP contribution >= 0.6 is 27.3 Å². The molecule has 0 fully saturated rings. The fraction of sp³-hybridized carbons (Fsp3) is 0.0952. The average molecular weight is 454 g/mol. The van der Waals surface area contributed by atoms with Crippen molar-refractivity contribution >= 4 is 49.2 Å². The molecule has 0 spiro atoms. The van der Waals surface area contributed by atoms with E-state index in [2.05, 4.69) is 43.3 Å². The van der Waals surface area contributed by atoms with Crippen molar-refractivity contribution in [1.29, 1.82) is 0 Å². The summed E-state index contributed by atoms with van der Waals surface area (Å²) in [7, 11) is 0. The largest absolute Gasteiger partial charge is 0.360 e. The van der Waals surface area contributed by atoms with E-state index in [1.165, 1.54) is 28.7 Å². The van der Waals surface area contributed by atoms with Gasteiger partial charge in [0, 0.05) is 39.1 Å². The quantitative estimate of drug-likeness (QED) is 0.461. The Morgan fingerprint density at radius 2 is 2.07 bits per heavy atom. The predicted molar refractivity (Wildman–Crippen MR) is 116 cm³/mol. The third-order valence-corrected chi connectivity index (χ3v) is 6.21. The molecule has 0 aliphatic rings. The molecule has 0 saturated heterocycles. The van der Waals surface area contributed by atoms with Crippen molar-refractivity contribution in [2.75, 3.05) is 5.32 Å². The SMILES string of the molecule is Cc1cc(Cc2cnc(NC(=O)c3c[nH]c4ccccc4c3=O)s2)ccc1Br. The molecule has 2 heterocycles. The Hall–Kier alpha value is -2.77. The van der Waals surface area contributed by atoms with Crippen molar-refractivity contribution in [2.24, 2.45) is 0 Å². The highest BCUT2D eigenvalue weighted by atomic mass is 79.9. The number of aromatic amines is 1. The van der Waals surface area contributed by atoms with Gasteiger partial charge in [0.1, 0.15) is 5.56 Å². The number of nitrogens with one attached hydrogen (secondary N) is 2. The second kappa shape index (κ2) is 7.69. The van der Waals surface area contributed by atoms with Crippen LogP contribution in [0.25, 0.3) is 10.9 Å². The number of H-pyrrole nitrogens is 1. The Morgan fingerprint density at radius 1 is 1.25 bits per heavy atom. The lowest BCUT2D eigenvalue weighted by molar-refractivity contribution is 0.102. The summed E-state index contributed by atoms with van der Waals surface area (Å²) in [4.78, 5) is 33.4. The molecule has 0 unspecified atom stereocenters. The first-order valence-electron chi connectivity index (χ1n) is 8.63. The molecular weight excluding hydrogens is 438 g/mol. The van der Waals surface area contributed by atoms with Gasteiger partial charge in [-0.05, 0) is 36.2 Å². The number of rotatable bonds is 4. The molecule has 0 bridgehead atoms. The molecule has 0 radical (unpaired) electrons. The van der Waals surface area contributed by atoms with Crippen LogP contribution in [0.2, 0.25) is 0 Å². The second-order valence-electron chi connectivity index (χ2n) is 6.42. The minimum Gasteiger partial charge on any atom is -0.360 e. The van der Waals surface area contributed by atoms with Crippen molar-refractivity contribution in [2.45, 2.75) is 13.3 Å². The molecule has 2 aromatic carbocycles. The normalized spacial score (nSPS) is 10.9. The van der Waals surface area contributed by atoms with Gasteiger partial charge in [-0.15, -0.1) is 11.3 Å². The molecule has 0 atom stereocenters. The minimum atomic E-state index is -0.465. The molecule has 2 aromatic heterocycles. The van der Waals surface area contributed by atoms with Gasteiger partial charge in [-0.1, -0.05) is 40.2 Å². The molecule has 0 saturated carbocycles. The fourth-order valence-electron chi connectivity index (χ4n) is 2.97. The highest BCUT2D eigenvalue weighted by Gasteiger charge is 2.15. The molecule has 4 aromatic rings. The van der Waals surface area contributed by atoms with Crippen LogP contribution in [0.4, 0.5) is 5.13 Å². The standard InChI is InChI=1S/C21H16BrN3O2S/c1-12-8-13(6-7-17(12)22)9-14-10-24-21(28-14)25-20(27)16-11-23-18-5-3-2-4-15(18)19(16)26/h2-8,10-11H,9H2,1H3,(H,23,26)(H,24,25,27). The van der Waals surface area contributed by atoms with Crippen molar-refractivity contribution in [1.82, 2.24) is 9.97 Å². The zero-order valence-corrected chi connectivity index (χ0v) is 17.4. The van der Waals surface area contributed by atoms with Crippen LogP contribution < -0.4 is 10.7 Å². The maximum atomic E-state index is 12.6. The van der Waals surface area contributed by atoms with E-state index in [-0.39, 0.29) is 11.0 Å². The van der Waals surface area contributed by atoms with E-state index in [1.807, 2.05) is 19.1 Å². The van der Waals surface area contributed by atoms with Crippen molar-refractivity contribution < 1.29 is 4.79 Å². The van der Waals surface area contributed by atoms with Crippen LogP contribution in [-0.4, -0.2) is 15.9 Å². The van der Waals surface area contributed by atoms with Crippen LogP contribution in [0.15, 0.2) is 64.1 Å². The zero-order valence-electron chi connectivity index (χ0n) is 15.0. The van der Waals surface area contributed by atoms with Gasteiger partial charge in [-0.3, -0.25) is 14.9 Å². The van der Waals surface area contributed by atoms with Gasteiger partial charge in [0.05, 0.1) is 0 Å². The Kier molecular flexibility index (Phi) is 5.11. The number of nitrogens with zero attached hydrogens (tertiary/aromatic N) is 1. The lowest BCUT2D eigenvalue weighted by Gasteiger charge is -2.03. The maximum Gasteiger partial charge on any atom is 0.262 e. The first-order chi connectivity index (χ1) is 13.5. The first-order valence-corrected chi connectivity index (χ1v) is 10.2. The number of amides is 1. The van der Waals surface area contributed by atoms with Gasteiger partial charge in [0.25, 0.3) is 5.91 Å². The van der Waals surface area contributed by atoms with Gasteiger partial charge in [0.2, 0.25) is 5.43 Å². The Balaban J connectivity index is 1.52. The monoisotopic (exact) mass is 453 g/mol. The second-order valence-corrected chi connectivity index (χ2v) is 8.39. The molecule has 5 nitrogen and oxygen atoms in total. The number of carbonyl (C=O) groups is 1. The first kappa shape index (κ1) is 18.6. The summed E-state index contributed by atoms with van der Waals surface area (Å²) in [6.07, 6.45) is 3.93. The maximum absolute atomic E-state index is 12.6. The Morgan fingerprint density at radius 3 is 2.89 bits per heavy atom. The van der Waals surface area contributed by atoms with Crippen molar-refractivity contribution in [3.05, 3.63) is 91.1 Å². The third kappa shape index (κ3) is 3.76. The van der Waals surface area contributed by atoms with E-state index in [0.29, 0.717) is 16.0 Å². The van der Waals surface area contributed by atoms with Crippen LogP contribution in [0, 0.1) is 6.92 Å². The lowest BCUT2D eigenvalue weighted by Crippen LogP contribution is -2.21. The molecule has 4 rings (SSSR count). The van der Waals surface area contributed by atoms with Crippen molar-refractivity contribution in [3.8, 4) is 0 Å². The lowest BCUT2D eigenvalue weighted by atomic mass is 10.1. The number of hydrogen-bond donors (Lipinski definition) is 2. The molecule has 1 amide bonds. The number of aromatic nitrogens is 2. The number of benzene rings is 2. The van der Waals surface area contributed by atoms with Gasteiger partial charge in [-0.2, -0.15) is 0 Å². The van der Waals surface area contributed by atoms with E-state index in [9.17, 15) is 9.59 Å². The molecule has 7 heteroatoms. The van der Waals surface area contributed by atoms with Crippen LogP contribution in [-0.2, 0) is 6.42 Å². The van der Waals surface area contributed by atoms with Gasteiger partial charge >= 0.3 is 0 Å². The van der Waals surface area contributed by atoms with Crippen LogP contribution in [0.5, 0.6) is 0 Å². The molecule has 28 heavy (non-hydrogen) atoms. The summed E-state index contributed by atoms with van der Waals surface area (Å²) in [6.45, 7) is 2.05. The van der Waals surface area contributed by atoms with Crippen LogP contribution in [0.1, 0.15) is 26.4 Å². The van der Waals surface area contributed by atoms with E-state index in [1.54, 1.807) is 24.4 Å². The average Bonchev–Trinajstić information content (AvgIpc) is 3.12. The highest BCUT2D eigenvalue weighted by molar-refractivity contribution is 9.10. The molecule has 140 valence electrons. The van der Waals surface area contributed by atoms with Gasteiger partial charge in [-0.25, -0.2) is 4.98 Å². The summed E-state index contributed by atoms with van der Waals surface area (Å²) in [5, 5.41) is 3.69.